The molecule has 0 amide bonds. The van der Waals surface area contributed by atoms with Crippen molar-refractivity contribution in [2.45, 2.75) is 51.9 Å². The van der Waals surface area contributed by atoms with E-state index in [0.717, 1.165) is 44.7 Å². The zero-order valence-corrected chi connectivity index (χ0v) is 15.2. The first kappa shape index (κ1) is 17.6. The van der Waals surface area contributed by atoms with Crippen LogP contribution in [0.15, 0.2) is 30.6 Å². The molecule has 140 valence electrons. The average Bonchev–Trinajstić information content (AvgIpc) is 3.13. The lowest BCUT2D eigenvalue weighted by Gasteiger charge is -2.29. The highest BCUT2D eigenvalue weighted by atomic mass is 19.1. The van der Waals surface area contributed by atoms with Crippen LogP contribution in [0, 0.1) is 17.0 Å². The van der Waals surface area contributed by atoms with E-state index in [2.05, 4.69) is 26.7 Å². The van der Waals surface area contributed by atoms with E-state index >= 15 is 0 Å². The minimum Gasteiger partial charge on any atom is -0.334 e. The molecule has 0 bridgehead atoms. The van der Waals surface area contributed by atoms with E-state index in [0.29, 0.717) is 18.0 Å². The number of rotatable bonds is 6. The second-order valence-electron chi connectivity index (χ2n) is 7.57. The van der Waals surface area contributed by atoms with Crippen LogP contribution in [0.2, 0.25) is 0 Å². The van der Waals surface area contributed by atoms with Crippen molar-refractivity contribution in [3.8, 4) is 0 Å². The second kappa shape index (κ2) is 7.08. The molecule has 1 saturated heterocycles. The molecule has 1 atom stereocenters. The molecule has 1 saturated carbocycles. The number of nitrogens with zero attached hydrogens (tertiary/aromatic N) is 3. The molecule has 4 nitrogen and oxygen atoms in total. The molecule has 1 aliphatic carbocycles. The van der Waals surface area contributed by atoms with Gasteiger partial charge in [-0.2, -0.15) is 0 Å². The highest BCUT2D eigenvalue weighted by Crippen LogP contribution is 2.56. The summed E-state index contributed by atoms with van der Waals surface area (Å²) in [5.74, 6) is 0.0305. The fraction of sp³-hybridized carbons (Fsp3) is 0.550. The lowest BCUT2D eigenvalue weighted by molar-refractivity contribution is 0.178. The van der Waals surface area contributed by atoms with E-state index in [9.17, 15) is 8.78 Å². The van der Waals surface area contributed by atoms with Crippen molar-refractivity contribution >= 4 is 0 Å². The Hall–Kier alpha value is -1.79. The third-order valence-corrected chi connectivity index (χ3v) is 6.10. The summed E-state index contributed by atoms with van der Waals surface area (Å²) in [5, 5.41) is 3.42. The maximum Gasteiger partial charge on any atom is 0.130 e. The van der Waals surface area contributed by atoms with Crippen molar-refractivity contribution in [3.63, 3.8) is 0 Å². The summed E-state index contributed by atoms with van der Waals surface area (Å²) < 4.78 is 30.6. The summed E-state index contributed by atoms with van der Waals surface area (Å²) in [6.45, 7) is 5.89. The van der Waals surface area contributed by atoms with Crippen LogP contribution < -0.4 is 5.32 Å². The van der Waals surface area contributed by atoms with Crippen LogP contribution in [0.25, 0.3) is 0 Å². The molecule has 6 heteroatoms. The molecule has 2 aromatic rings. The SMILES string of the molecule is CCn1ccnc1CN(Cc1c(F)cccc1F)C1CC12CCNCC2. The van der Waals surface area contributed by atoms with Crippen LogP contribution in [0.1, 0.15) is 37.6 Å². The molecule has 2 heterocycles. The van der Waals surface area contributed by atoms with E-state index in [1.807, 2.05) is 6.20 Å². The number of aromatic nitrogens is 2. The van der Waals surface area contributed by atoms with Gasteiger partial charge in [0.1, 0.15) is 17.5 Å². The van der Waals surface area contributed by atoms with E-state index < -0.39 is 11.6 Å². The summed E-state index contributed by atoms with van der Waals surface area (Å²) in [7, 11) is 0. The summed E-state index contributed by atoms with van der Waals surface area (Å²) in [5.41, 5.74) is 0.467. The van der Waals surface area contributed by atoms with E-state index in [1.165, 1.54) is 18.2 Å². The molecule has 26 heavy (non-hydrogen) atoms. The third kappa shape index (κ3) is 3.28. The van der Waals surface area contributed by atoms with Crippen molar-refractivity contribution in [1.82, 2.24) is 19.8 Å². The number of hydrogen-bond acceptors (Lipinski definition) is 3. The molecular formula is C20H26F2N4. The van der Waals surface area contributed by atoms with E-state index in [-0.39, 0.29) is 12.1 Å². The molecule has 0 radical (unpaired) electrons. The highest BCUT2D eigenvalue weighted by molar-refractivity contribution is 5.21. The van der Waals surface area contributed by atoms with E-state index in [1.54, 1.807) is 6.20 Å². The molecule has 1 N–H and O–H groups in total. The minimum atomic E-state index is -0.464. The Bertz CT molecular complexity index is 747. The fourth-order valence-corrected chi connectivity index (χ4v) is 4.43. The first-order valence-electron chi connectivity index (χ1n) is 9.50. The van der Waals surface area contributed by atoms with Crippen molar-refractivity contribution in [2.75, 3.05) is 13.1 Å². The number of hydrogen-bond donors (Lipinski definition) is 1. The zero-order valence-electron chi connectivity index (χ0n) is 15.2. The topological polar surface area (TPSA) is 33.1 Å². The van der Waals surface area contributed by atoms with Gasteiger partial charge in [0.25, 0.3) is 0 Å². The van der Waals surface area contributed by atoms with Crippen LogP contribution in [0.5, 0.6) is 0 Å². The van der Waals surface area contributed by atoms with Gasteiger partial charge < -0.3 is 9.88 Å². The standard InChI is InChI=1S/C20H26F2N4/c1-2-25-11-10-24-19(25)14-26(13-15-16(21)4-3-5-17(15)22)18-12-20(18)6-8-23-9-7-20/h3-5,10-11,18,23H,2,6-9,12-14H2,1H3. The first-order valence-corrected chi connectivity index (χ1v) is 9.50. The van der Waals surface area contributed by atoms with Crippen LogP contribution in [0.4, 0.5) is 8.78 Å². The number of nitrogens with one attached hydrogen (secondary N) is 1. The van der Waals surface area contributed by atoms with Gasteiger partial charge in [0.15, 0.2) is 0 Å². The molecule has 2 fully saturated rings. The first-order chi connectivity index (χ1) is 12.6. The Labute approximate surface area is 153 Å². The van der Waals surface area contributed by atoms with Gasteiger partial charge in [-0.25, -0.2) is 13.8 Å². The fourth-order valence-electron chi connectivity index (χ4n) is 4.43. The number of piperidine rings is 1. The van der Waals surface area contributed by atoms with Gasteiger partial charge in [-0.05, 0) is 56.8 Å². The van der Waals surface area contributed by atoms with Crippen molar-refractivity contribution < 1.29 is 8.78 Å². The highest BCUT2D eigenvalue weighted by Gasteiger charge is 2.56. The molecule has 1 aliphatic heterocycles. The van der Waals surface area contributed by atoms with Gasteiger partial charge in [-0.3, -0.25) is 4.90 Å². The van der Waals surface area contributed by atoms with Gasteiger partial charge >= 0.3 is 0 Å². The normalized spacial score (nSPS) is 21.5. The molecule has 1 aromatic heterocycles. The molecule has 4 rings (SSSR count). The van der Waals surface area contributed by atoms with Gasteiger partial charge in [0, 0.05) is 37.1 Å². The number of imidazole rings is 1. The predicted molar refractivity (Wildman–Crippen MR) is 96.4 cm³/mol. The van der Waals surface area contributed by atoms with Gasteiger partial charge in [0.2, 0.25) is 0 Å². The van der Waals surface area contributed by atoms with Gasteiger partial charge in [0.05, 0.1) is 6.54 Å². The maximum atomic E-state index is 14.3. The molecule has 2 aliphatic rings. The van der Waals surface area contributed by atoms with Gasteiger partial charge in [-0.15, -0.1) is 0 Å². The largest absolute Gasteiger partial charge is 0.334 e. The maximum absolute atomic E-state index is 14.3. The lowest BCUT2D eigenvalue weighted by Crippen LogP contribution is -2.36. The third-order valence-electron chi connectivity index (χ3n) is 6.10. The number of halogens is 2. The number of aryl methyl sites for hydroxylation is 1. The van der Waals surface area contributed by atoms with Crippen LogP contribution in [-0.4, -0.2) is 33.6 Å². The van der Waals surface area contributed by atoms with Crippen molar-refractivity contribution in [2.24, 2.45) is 5.41 Å². The van der Waals surface area contributed by atoms with Crippen LogP contribution in [0.3, 0.4) is 0 Å². The van der Waals surface area contributed by atoms with E-state index in [4.69, 9.17) is 0 Å². The number of benzene rings is 1. The molecule has 1 spiro atoms. The van der Waals surface area contributed by atoms with Crippen molar-refractivity contribution in [1.29, 1.82) is 0 Å². The lowest BCUT2D eigenvalue weighted by atomic mass is 9.93. The predicted octanol–water partition coefficient (Wildman–Crippen LogP) is 3.33. The summed E-state index contributed by atoms with van der Waals surface area (Å²) >= 11 is 0. The molecular weight excluding hydrogens is 334 g/mol. The summed E-state index contributed by atoms with van der Waals surface area (Å²) in [6.07, 6.45) is 7.14. The second-order valence-corrected chi connectivity index (χ2v) is 7.57. The smallest absolute Gasteiger partial charge is 0.130 e. The monoisotopic (exact) mass is 360 g/mol. The zero-order chi connectivity index (χ0) is 18.1. The minimum absolute atomic E-state index is 0.165. The Morgan fingerprint density at radius 1 is 1.23 bits per heavy atom. The Kier molecular flexibility index (Phi) is 4.80. The Morgan fingerprint density at radius 3 is 2.65 bits per heavy atom. The molecule has 1 unspecified atom stereocenters. The summed E-state index contributed by atoms with van der Waals surface area (Å²) in [4.78, 5) is 6.72. The van der Waals surface area contributed by atoms with Crippen molar-refractivity contribution in [3.05, 3.63) is 53.6 Å². The Balaban J connectivity index is 1.59. The average molecular weight is 360 g/mol. The quantitative estimate of drug-likeness (QED) is 0.858. The van der Waals surface area contributed by atoms with Gasteiger partial charge in [-0.1, -0.05) is 6.07 Å². The van der Waals surface area contributed by atoms with Crippen LogP contribution >= 0.6 is 0 Å². The Morgan fingerprint density at radius 2 is 1.96 bits per heavy atom. The van der Waals surface area contributed by atoms with Crippen LogP contribution in [-0.2, 0) is 19.6 Å². The molecule has 1 aromatic carbocycles. The summed E-state index contributed by atoms with van der Waals surface area (Å²) in [6, 6.07) is 4.48.